The van der Waals surface area contributed by atoms with E-state index in [4.69, 9.17) is 9.15 Å². The second-order valence-corrected chi connectivity index (χ2v) is 6.67. The van der Waals surface area contributed by atoms with E-state index in [1.807, 2.05) is 36.4 Å². The van der Waals surface area contributed by atoms with Crippen LogP contribution < -0.4 is 10.1 Å². The van der Waals surface area contributed by atoms with Crippen LogP contribution in [0.3, 0.4) is 0 Å². The van der Waals surface area contributed by atoms with Gasteiger partial charge in [-0.25, -0.2) is 4.39 Å². The number of nitrogens with one attached hydrogen (secondary N) is 1. The highest BCUT2D eigenvalue weighted by atomic mass is 19.1. The summed E-state index contributed by atoms with van der Waals surface area (Å²) < 4.78 is 24.7. The predicted octanol–water partition coefficient (Wildman–Crippen LogP) is 4.78. The number of carbonyl (C=O) groups excluding carboxylic acids is 1. The Bertz CT molecular complexity index is 1140. The van der Waals surface area contributed by atoms with Gasteiger partial charge in [0.15, 0.2) is 5.76 Å². The van der Waals surface area contributed by atoms with Gasteiger partial charge in [0, 0.05) is 35.5 Å². The third kappa shape index (κ3) is 4.27. The first kappa shape index (κ1) is 18.7. The Morgan fingerprint density at radius 3 is 2.72 bits per heavy atom. The molecule has 1 amide bonds. The van der Waals surface area contributed by atoms with Crippen molar-refractivity contribution in [2.24, 2.45) is 0 Å². The Morgan fingerprint density at radius 1 is 1.14 bits per heavy atom. The average molecular weight is 390 g/mol. The second-order valence-electron chi connectivity index (χ2n) is 6.67. The molecule has 0 saturated heterocycles. The summed E-state index contributed by atoms with van der Waals surface area (Å²) in [5, 5.41) is 3.44. The summed E-state index contributed by atoms with van der Waals surface area (Å²) in [4.78, 5) is 16.5. The zero-order valence-electron chi connectivity index (χ0n) is 15.8. The normalized spacial score (nSPS) is 10.8. The molecule has 0 saturated carbocycles. The van der Waals surface area contributed by atoms with Crippen molar-refractivity contribution in [1.29, 1.82) is 0 Å². The van der Waals surface area contributed by atoms with Crippen molar-refractivity contribution in [2.45, 2.75) is 20.1 Å². The molecule has 0 fully saturated rings. The van der Waals surface area contributed by atoms with Gasteiger partial charge >= 0.3 is 0 Å². The van der Waals surface area contributed by atoms with Crippen LogP contribution in [0.25, 0.3) is 11.0 Å². The molecule has 4 rings (SSSR count). The number of fused-ring (bicyclic) bond motifs is 1. The molecule has 0 unspecified atom stereocenters. The van der Waals surface area contributed by atoms with Gasteiger partial charge in [-0.05, 0) is 48.9 Å². The number of benzene rings is 2. The number of aromatic nitrogens is 1. The summed E-state index contributed by atoms with van der Waals surface area (Å²) in [6, 6.07) is 15.5. The molecule has 0 spiro atoms. The van der Waals surface area contributed by atoms with Crippen molar-refractivity contribution in [1.82, 2.24) is 10.3 Å². The molecule has 0 aliphatic rings. The largest absolute Gasteiger partial charge is 0.489 e. The summed E-state index contributed by atoms with van der Waals surface area (Å²) in [5.74, 6) is 0.233. The summed E-state index contributed by atoms with van der Waals surface area (Å²) in [6.07, 6.45) is 3.48. The molecule has 2 aromatic carbocycles. The number of amides is 1. The van der Waals surface area contributed by atoms with E-state index in [0.717, 1.165) is 16.9 Å². The van der Waals surface area contributed by atoms with Crippen LogP contribution in [0, 0.1) is 12.7 Å². The van der Waals surface area contributed by atoms with Crippen LogP contribution in [0.4, 0.5) is 4.39 Å². The third-order valence-corrected chi connectivity index (χ3v) is 4.61. The highest BCUT2D eigenvalue weighted by Gasteiger charge is 2.17. The minimum absolute atomic E-state index is 0.196. The fourth-order valence-electron chi connectivity index (χ4n) is 3.03. The number of ether oxygens (including phenoxy) is 1. The number of rotatable bonds is 6. The zero-order valence-corrected chi connectivity index (χ0v) is 15.8. The number of carbonyl (C=O) groups is 1. The van der Waals surface area contributed by atoms with Crippen molar-refractivity contribution >= 4 is 16.9 Å². The summed E-state index contributed by atoms with van der Waals surface area (Å²) >= 11 is 0. The molecule has 0 atom stereocenters. The third-order valence-electron chi connectivity index (χ3n) is 4.61. The second kappa shape index (κ2) is 8.14. The molecule has 146 valence electrons. The van der Waals surface area contributed by atoms with E-state index in [-0.39, 0.29) is 17.5 Å². The van der Waals surface area contributed by atoms with E-state index in [0.29, 0.717) is 29.7 Å². The van der Waals surface area contributed by atoms with Crippen LogP contribution in [0.2, 0.25) is 0 Å². The summed E-state index contributed by atoms with van der Waals surface area (Å²) in [6.45, 7) is 2.52. The molecule has 0 aliphatic heterocycles. The van der Waals surface area contributed by atoms with Gasteiger partial charge in [-0.3, -0.25) is 9.78 Å². The van der Waals surface area contributed by atoms with E-state index < -0.39 is 0 Å². The predicted molar refractivity (Wildman–Crippen MR) is 107 cm³/mol. The van der Waals surface area contributed by atoms with Crippen LogP contribution in [0.5, 0.6) is 5.75 Å². The van der Waals surface area contributed by atoms with Gasteiger partial charge in [0.1, 0.15) is 23.8 Å². The Hall–Kier alpha value is -3.67. The number of halogens is 1. The quantitative estimate of drug-likeness (QED) is 0.514. The fraction of sp³-hybridized carbons (Fsp3) is 0.130. The molecule has 2 aromatic heterocycles. The lowest BCUT2D eigenvalue weighted by molar-refractivity contribution is 0.0924. The van der Waals surface area contributed by atoms with Crippen molar-refractivity contribution in [2.75, 3.05) is 0 Å². The molecule has 0 aliphatic carbocycles. The standard InChI is InChI=1S/C23H19FN2O3/c1-15-20-11-18(24)6-9-21(20)29-22(15)23(27)26-13-16-4-7-19(8-5-16)28-14-17-3-2-10-25-12-17/h2-12H,13-14H2,1H3,(H,26,27). The first-order valence-corrected chi connectivity index (χ1v) is 9.17. The van der Waals surface area contributed by atoms with Gasteiger partial charge in [0.05, 0.1) is 0 Å². The maximum atomic E-state index is 13.4. The van der Waals surface area contributed by atoms with Gasteiger partial charge in [0.2, 0.25) is 0 Å². The molecular weight excluding hydrogens is 371 g/mol. The summed E-state index contributed by atoms with van der Waals surface area (Å²) in [7, 11) is 0. The first-order valence-electron chi connectivity index (χ1n) is 9.17. The highest BCUT2D eigenvalue weighted by molar-refractivity contribution is 5.98. The number of hydrogen-bond acceptors (Lipinski definition) is 4. The Kier molecular flexibility index (Phi) is 5.24. The van der Waals surface area contributed by atoms with E-state index in [1.54, 1.807) is 19.3 Å². The smallest absolute Gasteiger partial charge is 0.287 e. The van der Waals surface area contributed by atoms with Crippen molar-refractivity contribution in [3.05, 3.63) is 95.3 Å². The lowest BCUT2D eigenvalue weighted by atomic mass is 10.1. The molecule has 4 aromatic rings. The van der Waals surface area contributed by atoms with Crippen LogP contribution in [-0.4, -0.2) is 10.9 Å². The minimum atomic E-state index is -0.362. The van der Waals surface area contributed by atoms with Gasteiger partial charge in [0.25, 0.3) is 5.91 Å². The van der Waals surface area contributed by atoms with Crippen LogP contribution in [0.1, 0.15) is 27.2 Å². The monoisotopic (exact) mass is 390 g/mol. The molecule has 0 bridgehead atoms. The number of nitrogens with zero attached hydrogens (tertiary/aromatic N) is 1. The van der Waals surface area contributed by atoms with Gasteiger partial charge in [-0.2, -0.15) is 0 Å². The molecule has 2 heterocycles. The lowest BCUT2D eigenvalue weighted by Crippen LogP contribution is -2.22. The minimum Gasteiger partial charge on any atom is -0.489 e. The number of pyridine rings is 1. The maximum absolute atomic E-state index is 13.4. The van der Waals surface area contributed by atoms with E-state index in [1.165, 1.54) is 18.2 Å². The Labute approximate surface area is 167 Å². The maximum Gasteiger partial charge on any atom is 0.287 e. The molecule has 5 nitrogen and oxygen atoms in total. The van der Waals surface area contributed by atoms with E-state index in [9.17, 15) is 9.18 Å². The summed E-state index contributed by atoms with van der Waals surface area (Å²) in [5.41, 5.74) is 3.03. The fourth-order valence-corrected chi connectivity index (χ4v) is 3.03. The van der Waals surface area contributed by atoms with Gasteiger partial charge in [-0.15, -0.1) is 0 Å². The van der Waals surface area contributed by atoms with Crippen LogP contribution in [-0.2, 0) is 13.2 Å². The zero-order chi connectivity index (χ0) is 20.2. The van der Waals surface area contributed by atoms with Crippen molar-refractivity contribution in [3.63, 3.8) is 0 Å². The lowest BCUT2D eigenvalue weighted by Gasteiger charge is -2.08. The molecular formula is C23H19FN2O3. The van der Waals surface area contributed by atoms with E-state index >= 15 is 0 Å². The van der Waals surface area contributed by atoms with Gasteiger partial charge < -0.3 is 14.5 Å². The van der Waals surface area contributed by atoms with Crippen LogP contribution >= 0.6 is 0 Å². The number of furan rings is 1. The topological polar surface area (TPSA) is 64.4 Å². The van der Waals surface area contributed by atoms with Crippen molar-refractivity contribution < 1.29 is 18.3 Å². The number of aryl methyl sites for hydroxylation is 1. The van der Waals surface area contributed by atoms with Crippen molar-refractivity contribution in [3.8, 4) is 5.75 Å². The van der Waals surface area contributed by atoms with Gasteiger partial charge in [-0.1, -0.05) is 18.2 Å². The Balaban J connectivity index is 1.36. The average Bonchev–Trinajstić information content (AvgIpc) is 3.08. The molecule has 29 heavy (non-hydrogen) atoms. The molecule has 6 heteroatoms. The van der Waals surface area contributed by atoms with Crippen LogP contribution in [0.15, 0.2) is 71.4 Å². The van der Waals surface area contributed by atoms with E-state index in [2.05, 4.69) is 10.3 Å². The highest BCUT2D eigenvalue weighted by Crippen LogP contribution is 2.26. The Morgan fingerprint density at radius 2 is 1.97 bits per heavy atom. The number of hydrogen-bond donors (Lipinski definition) is 1. The molecule has 1 N–H and O–H groups in total. The first-order chi connectivity index (χ1) is 14.1. The SMILES string of the molecule is Cc1c(C(=O)NCc2ccc(OCc3cccnc3)cc2)oc2ccc(F)cc12. The molecule has 0 radical (unpaired) electrons.